The summed E-state index contributed by atoms with van der Waals surface area (Å²) in [6.07, 6.45) is 9.40. The van der Waals surface area contributed by atoms with Gasteiger partial charge in [-0.1, -0.05) is 12.1 Å². The zero-order valence-electron chi connectivity index (χ0n) is 17.7. The molecule has 3 aromatic heterocycles. The van der Waals surface area contributed by atoms with Crippen LogP contribution >= 0.6 is 0 Å². The highest BCUT2D eigenvalue weighted by Crippen LogP contribution is 2.21. The number of aromatic nitrogens is 6. The van der Waals surface area contributed by atoms with Crippen LogP contribution < -0.4 is 4.74 Å². The van der Waals surface area contributed by atoms with Crippen LogP contribution in [0.2, 0.25) is 0 Å². The van der Waals surface area contributed by atoms with Crippen molar-refractivity contribution in [2.75, 3.05) is 6.61 Å². The second-order valence-electron chi connectivity index (χ2n) is 7.19. The van der Waals surface area contributed by atoms with Crippen LogP contribution in [-0.2, 0) is 25.9 Å². The van der Waals surface area contributed by atoms with Crippen molar-refractivity contribution in [3.05, 3.63) is 94.1 Å². The van der Waals surface area contributed by atoms with E-state index in [-0.39, 0.29) is 5.69 Å². The first-order valence-corrected chi connectivity index (χ1v) is 10.3. The molecule has 0 radical (unpaired) electrons. The van der Waals surface area contributed by atoms with E-state index < -0.39 is 4.92 Å². The molecular formula is C22H23N7O3. The summed E-state index contributed by atoms with van der Waals surface area (Å²) >= 11 is 0. The van der Waals surface area contributed by atoms with Crippen molar-refractivity contribution in [3.63, 3.8) is 0 Å². The molecule has 0 aliphatic rings. The van der Waals surface area contributed by atoms with Gasteiger partial charge in [0.05, 0.1) is 30.8 Å². The fraction of sp³-hybridized carbons (Fsp3) is 0.273. The van der Waals surface area contributed by atoms with Gasteiger partial charge in [-0.25, -0.2) is 9.97 Å². The van der Waals surface area contributed by atoms with Gasteiger partial charge in [-0.05, 0) is 36.2 Å². The molecule has 4 rings (SSSR count). The first-order chi connectivity index (χ1) is 15.6. The monoisotopic (exact) mass is 433 g/mol. The Morgan fingerprint density at radius 1 is 1.03 bits per heavy atom. The zero-order valence-corrected chi connectivity index (χ0v) is 17.7. The molecule has 1 aromatic carbocycles. The highest BCUT2D eigenvalue weighted by atomic mass is 16.6. The van der Waals surface area contributed by atoms with E-state index in [0.717, 1.165) is 16.9 Å². The molecule has 10 heteroatoms. The molecular weight excluding hydrogens is 410 g/mol. The van der Waals surface area contributed by atoms with E-state index in [9.17, 15) is 10.1 Å². The molecule has 0 saturated heterocycles. The van der Waals surface area contributed by atoms with Crippen LogP contribution in [0, 0.1) is 10.1 Å². The Morgan fingerprint density at radius 3 is 2.56 bits per heavy atom. The predicted octanol–water partition coefficient (Wildman–Crippen LogP) is 3.06. The fourth-order valence-corrected chi connectivity index (χ4v) is 3.32. The Balaban J connectivity index is 1.47. The minimum absolute atomic E-state index is 0.0856. The molecule has 0 saturated carbocycles. The van der Waals surface area contributed by atoms with Crippen molar-refractivity contribution in [2.45, 2.75) is 32.9 Å². The van der Waals surface area contributed by atoms with E-state index in [0.29, 0.717) is 44.1 Å². The summed E-state index contributed by atoms with van der Waals surface area (Å²) in [4.78, 5) is 19.7. The lowest BCUT2D eigenvalue weighted by Crippen LogP contribution is -2.08. The van der Waals surface area contributed by atoms with E-state index in [1.54, 1.807) is 12.4 Å². The van der Waals surface area contributed by atoms with Crippen LogP contribution in [0.1, 0.15) is 29.6 Å². The molecule has 0 bridgehead atoms. The molecule has 0 fully saturated rings. The normalized spacial score (nSPS) is 10.9. The smallest absolute Gasteiger partial charge is 0.309 e. The molecule has 0 spiro atoms. The van der Waals surface area contributed by atoms with Crippen molar-refractivity contribution in [3.8, 4) is 5.75 Å². The van der Waals surface area contributed by atoms with Crippen LogP contribution in [-0.4, -0.2) is 41.1 Å². The largest absolute Gasteiger partial charge is 0.494 e. The van der Waals surface area contributed by atoms with E-state index in [1.807, 2.05) is 59.0 Å². The van der Waals surface area contributed by atoms with Gasteiger partial charge in [-0.2, -0.15) is 10.2 Å². The van der Waals surface area contributed by atoms with Gasteiger partial charge in [0.15, 0.2) is 0 Å². The van der Waals surface area contributed by atoms with Gasteiger partial charge >= 0.3 is 5.69 Å². The van der Waals surface area contributed by atoms with Crippen LogP contribution in [0.4, 0.5) is 5.69 Å². The lowest BCUT2D eigenvalue weighted by molar-refractivity contribution is -0.386. The van der Waals surface area contributed by atoms with Gasteiger partial charge in [0.25, 0.3) is 0 Å². The summed E-state index contributed by atoms with van der Waals surface area (Å²) in [5, 5.41) is 20.0. The lowest BCUT2D eigenvalue weighted by Gasteiger charge is -2.07. The predicted molar refractivity (Wildman–Crippen MR) is 116 cm³/mol. The molecule has 0 unspecified atom stereocenters. The van der Waals surface area contributed by atoms with Gasteiger partial charge in [0.2, 0.25) is 0 Å². The van der Waals surface area contributed by atoms with Crippen molar-refractivity contribution in [1.29, 1.82) is 0 Å². The Bertz CT molecular complexity index is 1170. The summed E-state index contributed by atoms with van der Waals surface area (Å²) in [5.74, 6) is 1.28. The second-order valence-corrected chi connectivity index (χ2v) is 7.19. The Kier molecular flexibility index (Phi) is 6.49. The standard InChI is InChI=1S/C22H23N7O3/c1-2-32-19-6-4-17(5-7-19)12-20-21(29(30)31)15-23-22(26-20)13-18-14-25-28(16-18)11-10-27-9-3-8-24-27/h3-9,14-16H,2,10-13H2,1H3. The average molecular weight is 433 g/mol. The first kappa shape index (κ1) is 21.2. The SMILES string of the molecule is CCOc1ccc(Cc2nc(Cc3cnn(CCn4cccn4)c3)ncc2[N+](=O)[O-])cc1. The summed E-state index contributed by atoms with van der Waals surface area (Å²) in [7, 11) is 0. The number of rotatable bonds is 10. The quantitative estimate of drug-likeness (QED) is 0.279. The van der Waals surface area contributed by atoms with E-state index >= 15 is 0 Å². The van der Waals surface area contributed by atoms with Crippen LogP contribution in [0.5, 0.6) is 5.75 Å². The molecule has 4 aromatic rings. The molecule has 0 aliphatic heterocycles. The van der Waals surface area contributed by atoms with Crippen molar-refractivity contribution < 1.29 is 9.66 Å². The molecule has 10 nitrogen and oxygen atoms in total. The topological polar surface area (TPSA) is 114 Å². The molecule has 164 valence electrons. The highest BCUT2D eigenvalue weighted by molar-refractivity contribution is 5.38. The van der Waals surface area contributed by atoms with E-state index in [1.165, 1.54) is 6.20 Å². The van der Waals surface area contributed by atoms with Crippen LogP contribution in [0.25, 0.3) is 0 Å². The lowest BCUT2D eigenvalue weighted by atomic mass is 10.1. The number of aryl methyl sites for hydroxylation is 2. The summed E-state index contributed by atoms with van der Waals surface area (Å²) in [5.41, 5.74) is 2.15. The number of hydrogen-bond acceptors (Lipinski definition) is 7. The van der Waals surface area contributed by atoms with Crippen LogP contribution in [0.3, 0.4) is 0 Å². The summed E-state index contributed by atoms with van der Waals surface area (Å²) < 4.78 is 9.13. The number of ether oxygens (including phenoxy) is 1. The number of benzene rings is 1. The van der Waals surface area contributed by atoms with Gasteiger partial charge in [0, 0.05) is 31.4 Å². The summed E-state index contributed by atoms with van der Waals surface area (Å²) in [6, 6.07) is 9.36. The Labute approximate surface area is 184 Å². The molecule has 0 amide bonds. The molecule has 3 heterocycles. The molecule has 0 aliphatic carbocycles. The second kappa shape index (κ2) is 9.82. The minimum Gasteiger partial charge on any atom is -0.494 e. The van der Waals surface area contributed by atoms with Crippen molar-refractivity contribution >= 4 is 5.69 Å². The van der Waals surface area contributed by atoms with E-state index in [2.05, 4.69) is 20.2 Å². The number of nitro groups is 1. The zero-order chi connectivity index (χ0) is 22.3. The number of nitrogens with zero attached hydrogens (tertiary/aromatic N) is 7. The maximum absolute atomic E-state index is 11.5. The number of hydrogen-bond donors (Lipinski definition) is 0. The average Bonchev–Trinajstić information content (AvgIpc) is 3.46. The van der Waals surface area contributed by atoms with Crippen LogP contribution in [0.15, 0.2) is 61.3 Å². The molecule has 0 N–H and O–H groups in total. The Hall–Kier alpha value is -4.08. The minimum atomic E-state index is -0.443. The van der Waals surface area contributed by atoms with Crippen molar-refractivity contribution in [2.24, 2.45) is 0 Å². The van der Waals surface area contributed by atoms with Gasteiger partial charge in [-0.15, -0.1) is 0 Å². The molecule has 0 atom stereocenters. The van der Waals surface area contributed by atoms with E-state index in [4.69, 9.17) is 4.74 Å². The third kappa shape index (κ3) is 5.34. The fourth-order valence-electron chi connectivity index (χ4n) is 3.32. The highest BCUT2D eigenvalue weighted by Gasteiger charge is 2.18. The molecule has 32 heavy (non-hydrogen) atoms. The van der Waals surface area contributed by atoms with Gasteiger partial charge in [0.1, 0.15) is 23.5 Å². The van der Waals surface area contributed by atoms with Gasteiger partial charge in [-0.3, -0.25) is 19.5 Å². The Morgan fingerprint density at radius 2 is 1.84 bits per heavy atom. The third-order valence-corrected chi connectivity index (χ3v) is 4.86. The van der Waals surface area contributed by atoms with Gasteiger partial charge < -0.3 is 4.74 Å². The maximum Gasteiger partial charge on any atom is 0.309 e. The maximum atomic E-state index is 11.5. The third-order valence-electron chi connectivity index (χ3n) is 4.86. The van der Waals surface area contributed by atoms with Crippen molar-refractivity contribution in [1.82, 2.24) is 29.5 Å². The summed E-state index contributed by atoms with van der Waals surface area (Å²) in [6.45, 7) is 3.91. The first-order valence-electron chi connectivity index (χ1n) is 10.3.